The second-order valence-corrected chi connectivity index (χ2v) is 5.83. The van der Waals surface area contributed by atoms with Crippen molar-refractivity contribution in [1.82, 2.24) is 9.88 Å². The first-order valence-corrected chi connectivity index (χ1v) is 8.11. The Balaban J connectivity index is 1.82. The minimum absolute atomic E-state index is 0.520. The van der Waals surface area contributed by atoms with E-state index in [2.05, 4.69) is 16.9 Å². The molecule has 2 rings (SSSR count). The van der Waals surface area contributed by atoms with Crippen LogP contribution in [0, 0.1) is 0 Å². The molecule has 2 aromatic rings. The summed E-state index contributed by atoms with van der Waals surface area (Å²) in [6.07, 6.45) is 4.76. The molecule has 0 spiro atoms. The molecule has 0 radical (unpaired) electrons. The molecule has 0 bridgehead atoms. The highest BCUT2D eigenvalue weighted by Gasteiger charge is 2.12. The number of hydrogen-bond donors (Lipinski definition) is 1. The van der Waals surface area contributed by atoms with Gasteiger partial charge in [-0.15, -0.1) is 0 Å². The van der Waals surface area contributed by atoms with Crippen molar-refractivity contribution in [3.8, 4) is 11.5 Å². The minimum atomic E-state index is -0.520. The zero-order chi connectivity index (χ0) is 17.4. The van der Waals surface area contributed by atoms with Crippen LogP contribution >= 0.6 is 0 Å². The van der Waals surface area contributed by atoms with Gasteiger partial charge < -0.3 is 19.5 Å². The monoisotopic (exact) mass is 330 g/mol. The number of rotatable bonds is 9. The van der Waals surface area contributed by atoms with Crippen LogP contribution in [0.2, 0.25) is 0 Å². The third kappa shape index (κ3) is 5.22. The first-order valence-electron chi connectivity index (χ1n) is 8.11. The van der Waals surface area contributed by atoms with Gasteiger partial charge >= 0.3 is 0 Å². The average Bonchev–Trinajstić information content (AvgIpc) is 2.64. The third-order valence-electron chi connectivity index (χ3n) is 4.11. The molecule has 1 aromatic carbocycles. The van der Waals surface area contributed by atoms with Crippen LogP contribution in [0.4, 0.5) is 0 Å². The molecule has 0 aliphatic heterocycles. The Morgan fingerprint density at radius 1 is 1.04 bits per heavy atom. The SMILES string of the molecule is COc1ccc(C(O)CCN(C)CCc2ccncc2)cc1OC. The van der Waals surface area contributed by atoms with Crippen molar-refractivity contribution in [1.29, 1.82) is 0 Å². The van der Waals surface area contributed by atoms with E-state index in [9.17, 15) is 5.11 Å². The lowest BCUT2D eigenvalue weighted by Gasteiger charge is -2.19. The summed E-state index contributed by atoms with van der Waals surface area (Å²) in [5, 5.41) is 10.4. The fourth-order valence-corrected chi connectivity index (χ4v) is 2.55. The molecule has 5 heteroatoms. The predicted molar refractivity (Wildman–Crippen MR) is 94.6 cm³/mol. The van der Waals surface area contributed by atoms with Crippen LogP contribution < -0.4 is 9.47 Å². The smallest absolute Gasteiger partial charge is 0.161 e. The van der Waals surface area contributed by atoms with Crippen molar-refractivity contribution in [2.75, 3.05) is 34.4 Å². The number of hydrogen-bond acceptors (Lipinski definition) is 5. The second-order valence-electron chi connectivity index (χ2n) is 5.83. The molecule has 0 aliphatic rings. The van der Waals surface area contributed by atoms with Crippen molar-refractivity contribution >= 4 is 0 Å². The molecule has 130 valence electrons. The van der Waals surface area contributed by atoms with E-state index in [0.29, 0.717) is 17.9 Å². The van der Waals surface area contributed by atoms with E-state index in [4.69, 9.17) is 9.47 Å². The Bertz CT molecular complexity index is 619. The normalized spacial score (nSPS) is 12.2. The molecule has 0 saturated heterocycles. The lowest BCUT2D eigenvalue weighted by molar-refractivity contribution is 0.149. The number of nitrogens with zero attached hydrogens (tertiary/aromatic N) is 2. The van der Waals surface area contributed by atoms with Crippen molar-refractivity contribution in [3.63, 3.8) is 0 Å². The van der Waals surface area contributed by atoms with E-state index >= 15 is 0 Å². The van der Waals surface area contributed by atoms with Crippen molar-refractivity contribution in [3.05, 3.63) is 53.9 Å². The number of ether oxygens (including phenoxy) is 2. The van der Waals surface area contributed by atoms with E-state index < -0.39 is 6.10 Å². The summed E-state index contributed by atoms with van der Waals surface area (Å²) in [4.78, 5) is 6.25. The van der Waals surface area contributed by atoms with E-state index in [1.54, 1.807) is 14.2 Å². The van der Waals surface area contributed by atoms with Crippen LogP contribution in [0.3, 0.4) is 0 Å². The maximum absolute atomic E-state index is 10.4. The Morgan fingerprint density at radius 3 is 2.42 bits per heavy atom. The van der Waals surface area contributed by atoms with Gasteiger partial charge in [0.05, 0.1) is 20.3 Å². The number of pyridine rings is 1. The molecule has 1 atom stereocenters. The predicted octanol–water partition coefficient (Wildman–Crippen LogP) is 2.70. The number of benzene rings is 1. The molecule has 1 heterocycles. The standard InChI is InChI=1S/C19H26N2O3/c1-21(12-8-15-6-10-20-11-7-15)13-9-17(22)16-4-5-18(23-2)19(14-16)24-3/h4-7,10-11,14,17,22H,8-9,12-13H2,1-3H3. The summed E-state index contributed by atoms with van der Waals surface area (Å²) >= 11 is 0. The first-order chi connectivity index (χ1) is 11.6. The largest absolute Gasteiger partial charge is 0.493 e. The molecule has 5 nitrogen and oxygen atoms in total. The fourth-order valence-electron chi connectivity index (χ4n) is 2.55. The van der Waals surface area contributed by atoms with Crippen molar-refractivity contribution in [2.45, 2.75) is 18.9 Å². The van der Waals surface area contributed by atoms with Crippen LogP contribution in [0.5, 0.6) is 11.5 Å². The summed E-state index contributed by atoms with van der Waals surface area (Å²) in [5.41, 5.74) is 2.12. The lowest BCUT2D eigenvalue weighted by atomic mass is 10.1. The lowest BCUT2D eigenvalue weighted by Crippen LogP contribution is -2.23. The Labute approximate surface area is 143 Å². The number of aliphatic hydroxyl groups is 1. The van der Waals surface area contributed by atoms with Crippen molar-refractivity contribution < 1.29 is 14.6 Å². The van der Waals surface area contributed by atoms with Gasteiger partial charge in [0.1, 0.15) is 0 Å². The third-order valence-corrected chi connectivity index (χ3v) is 4.11. The molecule has 0 saturated carbocycles. The average molecular weight is 330 g/mol. The molecule has 1 N–H and O–H groups in total. The van der Waals surface area contributed by atoms with Gasteiger partial charge in [0.2, 0.25) is 0 Å². The number of aliphatic hydroxyl groups excluding tert-OH is 1. The Hall–Kier alpha value is -2.11. The van der Waals surface area contributed by atoms with Crippen LogP contribution in [0.15, 0.2) is 42.7 Å². The zero-order valence-corrected chi connectivity index (χ0v) is 14.6. The van der Waals surface area contributed by atoms with E-state index in [0.717, 1.165) is 25.1 Å². The highest BCUT2D eigenvalue weighted by molar-refractivity contribution is 5.43. The molecular weight excluding hydrogens is 304 g/mol. The van der Waals surface area contributed by atoms with Gasteiger partial charge in [-0.25, -0.2) is 0 Å². The summed E-state index contributed by atoms with van der Waals surface area (Å²) < 4.78 is 10.5. The fraction of sp³-hybridized carbons (Fsp3) is 0.421. The molecule has 0 aliphatic carbocycles. The molecular formula is C19H26N2O3. The number of aromatic nitrogens is 1. The van der Waals surface area contributed by atoms with Gasteiger partial charge in [-0.2, -0.15) is 0 Å². The topological polar surface area (TPSA) is 54.8 Å². The van der Waals surface area contributed by atoms with E-state index in [-0.39, 0.29) is 0 Å². The molecule has 1 unspecified atom stereocenters. The van der Waals surface area contributed by atoms with Crippen LogP contribution in [-0.4, -0.2) is 49.3 Å². The summed E-state index contributed by atoms with van der Waals surface area (Å²) in [7, 11) is 5.27. The molecule has 24 heavy (non-hydrogen) atoms. The van der Waals surface area contributed by atoms with Gasteiger partial charge in [-0.05, 0) is 55.3 Å². The van der Waals surface area contributed by atoms with Gasteiger partial charge in [-0.1, -0.05) is 6.07 Å². The highest BCUT2D eigenvalue weighted by Crippen LogP contribution is 2.30. The molecule has 1 aromatic heterocycles. The van der Waals surface area contributed by atoms with Crippen LogP contribution in [0.25, 0.3) is 0 Å². The van der Waals surface area contributed by atoms with Gasteiger partial charge in [0, 0.05) is 25.5 Å². The maximum Gasteiger partial charge on any atom is 0.161 e. The van der Waals surface area contributed by atoms with Gasteiger partial charge in [0.15, 0.2) is 11.5 Å². The van der Waals surface area contributed by atoms with E-state index in [1.165, 1.54) is 5.56 Å². The van der Waals surface area contributed by atoms with Crippen molar-refractivity contribution in [2.24, 2.45) is 0 Å². The first kappa shape index (κ1) is 18.2. The van der Waals surface area contributed by atoms with E-state index in [1.807, 2.05) is 42.7 Å². The molecule has 0 fully saturated rings. The van der Waals surface area contributed by atoms with Gasteiger partial charge in [0.25, 0.3) is 0 Å². The maximum atomic E-state index is 10.4. The summed E-state index contributed by atoms with van der Waals surface area (Å²) in [6.45, 7) is 1.77. The van der Waals surface area contributed by atoms with Crippen LogP contribution in [0.1, 0.15) is 23.7 Å². The summed E-state index contributed by atoms with van der Waals surface area (Å²) in [6, 6.07) is 9.60. The zero-order valence-electron chi connectivity index (χ0n) is 14.6. The number of methoxy groups -OCH3 is 2. The summed E-state index contributed by atoms with van der Waals surface area (Å²) in [5.74, 6) is 1.31. The second kappa shape index (κ2) is 9.25. The number of likely N-dealkylation sites (N-methyl/N-ethyl adjacent to an activating group) is 1. The Morgan fingerprint density at radius 2 is 1.75 bits per heavy atom. The Kier molecular flexibility index (Phi) is 7.03. The van der Waals surface area contributed by atoms with Crippen LogP contribution in [-0.2, 0) is 6.42 Å². The van der Waals surface area contributed by atoms with Gasteiger partial charge in [-0.3, -0.25) is 4.98 Å². The quantitative estimate of drug-likeness (QED) is 0.766. The minimum Gasteiger partial charge on any atom is -0.493 e. The molecule has 0 amide bonds. The highest BCUT2D eigenvalue weighted by atomic mass is 16.5.